The Morgan fingerprint density at radius 1 is 1.11 bits per heavy atom. The van der Waals surface area contributed by atoms with Crippen molar-refractivity contribution in [2.45, 2.75) is 6.92 Å². The van der Waals surface area contributed by atoms with E-state index in [2.05, 4.69) is 27.9 Å². The molecule has 94 valence electrons. The first kappa shape index (κ1) is 13.1. The standard InChI is InChI=1S/C13H11F2IN2/c1-7-2-3-9(16)6-11(7)18-12-5-8(14)4-10(15)13(12)17/h2-6,18H,17H2,1H3. The first-order valence-electron chi connectivity index (χ1n) is 5.25. The normalized spacial score (nSPS) is 10.4. The fraction of sp³-hybridized carbons (Fsp3) is 0.0769. The van der Waals surface area contributed by atoms with Gasteiger partial charge in [-0.25, -0.2) is 8.78 Å². The van der Waals surface area contributed by atoms with E-state index in [1.807, 2.05) is 25.1 Å². The molecule has 2 rings (SSSR count). The van der Waals surface area contributed by atoms with Gasteiger partial charge in [0, 0.05) is 15.3 Å². The average molecular weight is 360 g/mol. The maximum absolute atomic E-state index is 13.3. The van der Waals surface area contributed by atoms with Crippen LogP contribution in [0, 0.1) is 22.1 Å². The van der Waals surface area contributed by atoms with E-state index >= 15 is 0 Å². The number of nitrogens with one attached hydrogen (secondary N) is 1. The molecule has 2 aromatic rings. The van der Waals surface area contributed by atoms with Crippen LogP contribution < -0.4 is 11.1 Å². The lowest BCUT2D eigenvalue weighted by atomic mass is 10.2. The van der Waals surface area contributed by atoms with Crippen molar-refractivity contribution in [2.75, 3.05) is 11.1 Å². The molecule has 0 fully saturated rings. The van der Waals surface area contributed by atoms with Crippen LogP contribution in [-0.2, 0) is 0 Å². The third-order valence-electron chi connectivity index (χ3n) is 2.56. The Labute approximate surface area is 117 Å². The van der Waals surface area contributed by atoms with Crippen molar-refractivity contribution >= 4 is 39.7 Å². The predicted octanol–water partition coefficient (Wildman–Crippen LogP) is 4.20. The molecule has 0 aromatic heterocycles. The van der Waals surface area contributed by atoms with Crippen LogP contribution in [0.1, 0.15) is 5.56 Å². The van der Waals surface area contributed by atoms with Crippen LogP contribution in [0.25, 0.3) is 0 Å². The van der Waals surface area contributed by atoms with Crippen molar-refractivity contribution in [2.24, 2.45) is 0 Å². The number of aryl methyl sites for hydroxylation is 1. The summed E-state index contributed by atoms with van der Waals surface area (Å²) in [6.07, 6.45) is 0. The van der Waals surface area contributed by atoms with E-state index in [0.717, 1.165) is 20.9 Å². The summed E-state index contributed by atoms with van der Waals surface area (Å²) in [6.45, 7) is 1.91. The van der Waals surface area contributed by atoms with E-state index in [0.29, 0.717) is 0 Å². The summed E-state index contributed by atoms with van der Waals surface area (Å²) in [5, 5.41) is 2.95. The van der Waals surface area contributed by atoms with Gasteiger partial charge in [0.15, 0.2) is 5.82 Å². The molecule has 18 heavy (non-hydrogen) atoms. The molecule has 0 amide bonds. The minimum absolute atomic E-state index is 0.0883. The Morgan fingerprint density at radius 2 is 1.83 bits per heavy atom. The number of nitrogen functional groups attached to an aromatic ring is 1. The molecule has 0 spiro atoms. The molecular formula is C13H11F2IN2. The fourth-order valence-electron chi connectivity index (χ4n) is 1.56. The van der Waals surface area contributed by atoms with Crippen LogP contribution >= 0.6 is 22.6 Å². The average Bonchev–Trinajstić information content (AvgIpc) is 2.30. The maximum atomic E-state index is 13.3. The van der Waals surface area contributed by atoms with Crippen LogP contribution in [0.3, 0.4) is 0 Å². The number of nitrogens with two attached hydrogens (primary N) is 1. The molecule has 0 aliphatic rings. The maximum Gasteiger partial charge on any atom is 0.151 e. The lowest BCUT2D eigenvalue weighted by molar-refractivity contribution is 0.587. The largest absolute Gasteiger partial charge is 0.395 e. The monoisotopic (exact) mass is 360 g/mol. The SMILES string of the molecule is Cc1ccc(I)cc1Nc1cc(F)cc(F)c1N. The third-order valence-corrected chi connectivity index (χ3v) is 3.23. The minimum atomic E-state index is -0.763. The molecule has 0 aliphatic carbocycles. The van der Waals surface area contributed by atoms with Crippen molar-refractivity contribution in [3.8, 4) is 0 Å². The number of halogens is 3. The van der Waals surface area contributed by atoms with Gasteiger partial charge in [-0.2, -0.15) is 0 Å². The second-order valence-electron chi connectivity index (χ2n) is 3.93. The zero-order valence-electron chi connectivity index (χ0n) is 9.60. The van der Waals surface area contributed by atoms with Crippen molar-refractivity contribution < 1.29 is 8.78 Å². The van der Waals surface area contributed by atoms with Gasteiger partial charge in [-0.1, -0.05) is 6.07 Å². The molecule has 0 atom stereocenters. The summed E-state index contributed by atoms with van der Waals surface area (Å²) in [5.41, 5.74) is 7.48. The van der Waals surface area contributed by atoms with E-state index in [1.165, 1.54) is 6.07 Å². The second-order valence-corrected chi connectivity index (χ2v) is 5.18. The van der Waals surface area contributed by atoms with Gasteiger partial charge in [-0.15, -0.1) is 0 Å². The molecule has 0 radical (unpaired) electrons. The van der Waals surface area contributed by atoms with Gasteiger partial charge in [0.25, 0.3) is 0 Å². The molecule has 2 nitrogen and oxygen atoms in total. The van der Waals surface area contributed by atoms with Crippen molar-refractivity contribution in [1.29, 1.82) is 0 Å². The van der Waals surface area contributed by atoms with Gasteiger partial charge in [-0.05, 0) is 53.3 Å². The highest BCUT2D eigenvalue weighted by atomic mass is 127. The lowest BCUT2D eigenvalue weighted by Crippen LogP contribution is -2.01. The summed E-state index contributed by atoms with van der Waals surface area (Å²) in [4.78, 5) is 0. The molecule has 5 heteroatoms. The molecule has 0 aliphatic heterocycles. The highest BCUT2D eigenvalue weighted by Crippen LogP contribution is 2.29. The molecule has 0 saturated carbocycles. The van der Waals surface area contributed by atoms with Crippen molar-refractivity contribution in [3.05, 3.63) is 51.1 Å². The second kappa shape index (κ2) is 5.09. The molecular weight excluding hydrogens is 349 g/mol. The highest BCUT2D eigenvalue weighted by molar-refractivity contribution is 14.1. The summed E-state index contributed by atoms with van der Waals surface area (Å²) in [7, 11) is 0. The number of rotatable bonds is 2. The molecule has 3 N–H and O–H groups in total. The Bertz CT molecular complexity index is 600. The summed E-state index contributed by atoms with van der Waals surface area (Å²) < 4.78 is 27.5. The van der Waals surface area contributed by atoms with E-state index < -0.39 is 11.6 Å². The van der Waals surface area contributed by atoms with Gasteiger partial charge in [0.2, 0.25) is 0 Å². The number of hydrogen-bond donors (Lipinski definition) is 2. The topological polar surface area (TPSA) is 38.0 Å². The van der Waals surface area contributed by atoms with Crippen molar-refractivity contribution in [3.63, 3.8) is 0 Å². The van der Waals surface area contributed by atoms with Crippen LogP contribution in [-0.4, -0.2) is 0 Å². The van der Waals surface area contributed by atoms with E-state index in [9.17, 15) is 8.78 Å². The molecule has 0 bridgehead atoms. The quantitative estimate of drug-likeness (QED) is 0.622. The van der Waals surface area contributed by atoms with Gasteiger partial charge in [0.05, 0.1) is 11.4 Å². The Hall–Kier alpha value is -1.37. The first-order valence-corrected chi connectivity index (χ1v) is 6.33. The highest BCUT2D eigenvalue weighted by Gasteiger charge is 2.09. The number of hydrogen-bond acceptors (Lipinski definition) is 2. The summed E-state index contributed by atoms with van der Waals surface area (Å²) in [5.74, 6) is -1.42. The van der Waals surface area contributed by atoms with E-state index in [-0.39, 0.29) is 11.4 Å². The zero-order valence-corrected chi connectivity index (χ0v) is 11.8. The predicted molar refractivity (Wildman–Crippen MR) is 77.9 cm³/mol. The van der Waals surface area contributed by atoms with Gasteiger partial charge in [-0.3, -0.25) is 0 Å². The fourth-order valence-corrected chi connectivity index (χ4v) is 2.05. The third kappa shape index (κ3) is 2.72. The minimum Gasteiger partial charge on any atom is -0.395 e. The zero-order chi connectivity index (χ0) is 13.3. The van der Waals surface area contributed by atoms with Gasteiger partial charge >= 0.3 is 0 Å². The molecule has 0 heterocycles. The smallest absolute Gasteiger partial charge is 0.151 e. The number of benzene rings is 2. The van der Waals surface area contributed by atoms with Crippen molar-refractivity contribution in [1.82, 2.24) is 0 Å². The summed E-state index contributed by atoms with van der Waals surface area (Å²) in [6, 6.07) is 7.71. The van der Waals surface area contributed by atoms with Crippen LogP contribution in [0.4, 0.5) is 25.8 Å². The first-order chi connectivity index (χ1) is 8.47. The van der Waals surface area contributed by atoms with Crippen LogP contribution in [0.5, 0.6) is 0 Å². The van der Waals surface area contributed by atoms with Gasteiger partial charge < -0.3 is 11.1 Å². The van der Waals surface area contributed by atoms with E-state index in [1.54, 1.807) is 0 Å². The van der Waals surface area contributed by atoms with Gasteiger partial charge in [0.1, 0.15) is 5.82 Å². The molecule has 2 aromatic carbocycles. The van der Waals surface area contributed by atoms with Crippen LogP contribution in [0.15, 0.2) is 30.3 Å². The molecule has 0 saturated heterocycles. The Kier molecular flexibility index (Phi) is 3.70. The number of anilines is 3. The molecule has 0 unspecified atom stereocenters. The Morgan fingerprint density at radius 3 is 2.56 bits per heavy atom. The lowest BCUT2D eigenvalue weighted by Gasteiger charge is -2.12. The Balaban J connectivity index is 2.43. The summed E-state index contributed by atoms with van der Waals surface area (Å²) >= 11 is 2.17. The van der Waals surface area contributed by atoms with E-state index in [4.69, 9.17) is 5.73 Å². The van der Waals surface area contributed by atoms with Crippen LogP contribution in [0.2, 0.25) is 0 Å².